The van der Waals surface area contributed by atoms with Crippen LogP contribution in [-0.2, 0) is 0 Å². The predicted molar refractivity (Wildman–Crippen MR) is 88.6 cm³/mol. The highest BCUT2D eigenvalue weighted by Crippen LogP contribution is 2.37. The Bertz CT molecular complexity index is 450. The molecule has 2 rings (SSSR count). The molecule has 21 heavy (non-hydrogen) atoms. The minimum atomic E-state index is 0.114. The number of nitrogens with two attached hydrogens (primary N) is 1. The van der Waals surface area contributed by atoms with E-state index in [0.29, 0.717) is 5.41 Å². The van der Waals surface area contributed by atoms with E-state index in [1.807, 2.05) is 6.07 Å². The number of ether oxygens (including phenoxy) is 1. The second-order valence-electron chi connectivity index (χ2n) is 6.78. The van der Waals surface area contributed by atoms with Gasteiger partial charge in [0.25, 0.3) is 0 Å². The molecule has 0 saturated carbocycles. The highest BCUT2D eigenvalue weighted by Gasteiger charge is 2.33. The molecule has 1 saturated heterocycles. The van der Waals surface area contributed by atoms with Gasteiger partial charge in [-0.2, -0.15) is 0 Å². The van der Waals surface area contributed by atoms with Crippen LogP contribution in [0.1, 0.15) is 51.6 Å². The molecular weight excluding hydrogens is 260 g/mol. The number of rotatable bonds is 5. The van der Waals surface area contributed by atoms with E-state index < -0.39 is 0 Å². The van der Waals surface area contributed by atoms with Gasteiger partial charge in [0, 0.05) is 12.1 Å². The maximum absolute atomic E-state index is 6.31. The molecule has 0 amide bonds. The molecule has 0 radical (unpaired) electrons. The second-order valence-corrected chi connectivity index (χ2v) is 6.78. The summed E-state index contributed by atoms with van der Waals surface area (Å²) in [6.07, 6.45) is 3.79. The van der Waals surface area contributed by atoms with Crippen LogP contribution in [0.3, 0.4) is 0 Å². The lowest BCUT2D eigenvalue weighted by Gasteiger charge is -2.43. The molecule has 118 valence electrons. The first-order valence-corrected chi connectivity index (χ1v) is 8.12. The molecule has 2 atom stereocenters. The van der Waals surface area contributed by atoms with Crippen LogP contribution in [0.15, 0.2) is 24.3 Å². The van der Waals surface area contributed by atoms with Crippen molar-refractivity contribution < 1.29 is 4.74 Å². The highest BCUT2D eigenvalue weighted by atomic mass is 16.5. The normalized spacial score (nSPS) is 21.8. The molecule has 0 aromatic heterocycles. The summed E-state index contributed by atoms with van der Waals surface area (Å²) in [7, 11) is 1.72. The van der Waals surface area contributed by atoms with Crippen molar-refractivity contribution in [2.75, 3.05) is 20.2 Å². The van der Waals surface area contributed by atoms with Gasteiger partial charge >= 0.3 is 0 Å². The van der Waals surface area contributed by atoms with Gasteiger partial charge in [-0.15, -0.1) is 0 Å². The van der Waals surface area contributed by atoms with Gasteiger partial charge in [-0.1, -0.05) is 32.4 Å². The van der Waals surface area contributed by atoms with Gasteiger partial charge in [0.2, 0.25) is 0 Å². The summed E-state index contributed by atoms with van der Waals surface area (Å²) in [6, 6.07) is 8.74. The van der Waals surface area contributed by atoms with E-state index in [1.54, 1.807) is 7.11 Å². The average Bonchev–Trinajstić information content (AvgIpc) is 2.49. The number of hydrogen-bond donors (Lipinski definition) is 1. The lowest BCUT2D eigenvalue weighted by atomic mass is 9.77. The Morgan fingerprint density at radius 2 is 2.00 bits per heavy atom. The molecule has 1 fully saturated rings. The van der Waals surface area contributed by atoms with Crippen LogP contribution < -0.4 is 10.5 Å². The van der Waals surface area contributed by atoms with Crippen molar-refractivity contribution in [2.24, 2.45) is 11.1 Å². The standard InChI is InChI=1S/C18H30N2O/c1-5-18(3)9-11-20(12-10-18)17(14(2)19)15-7-6-8-16(13-15)21-4/h6-8,13-14,17H,5,9-12,19H2,1-4H3. The summed E-state index contributed by atoms with van der Waals surface area (Å²) < 4.78 is 5.36. The van der Waals surface area contributed by atoms with Crippen LogP contribution in [0.2, 0.25) is 0 Å². The van der Waals surface area contributed by atoms with Crippen molar-refractivity contribution in [1.82, 2.24) is 4.90 Å². The first kappa shape index (κ1) is 16.3. The third-order valence-corrected chi connectivity index (χ3v) is 5.19. The zero-order chi connectivity index (χ0) is 15.5. The molecular formula is C18H30N2O. The Kier molecular flexibility index (Phi) is 5.28. The third kappa shape index (κ3) is 3.78. The number of hydrogen-bond acceptors (Lipinski definition) is 3. The minimum Gasteiger partial charge on any atom is -0.497 e. The Balaban J connectivity index is 2.16. The Morgan fingerprint density at radius 3 is 2.52 bits per heavy atom. The Hall–Kier alpha value is -1.06. The second kappa shape index (κ2) is 6.80. The van der Waals surface area contributed by atoms with E-state index >= 15 is 0 Å². The van der Waals surface area contributed by atoms with Crippen LogP contribution in [0.25, 0.3) is 0 Å². The number of nitrogens with zero attached hydrogens (tertiary/aromatic N) is 1. The molecule has 1 heterocycles. The minimum absolute atomic E-state index is 0.114. The van der Waals surface area contributed by atoms with Gasteiger partial charge in [-0.25, -0.2) is 0 Å². The number of likely N-dealkylation sites (tertiary alicyclic amines) is 1. The summed E-state index contributed by atoms with van der Waals surface area (Å²) in [5.74, 6) is 0.911. The maximum atomic E-state index is 6.31. The molecule has 0 bridgehead atoms. The van der Waals surface area contributed by atoms with Gasteiger partial charge in [-0.3, -0.25) is 4.90 Å². The zero-order valence-corrected chi connectivity index (χ0v) is 13.9. The number of methoxy groups -OCH3 is 1. The fourth-order valence-electron chi connectivity index (χ4n) is 3.37. The Morgan fingerprint density at radius 1 is 1.33 bits per heavy atom. The number of benzene rings is 1. The van der Waals surface area contributed by atoms with Crippen LogP contribution >= 0.6 is 0 Å². The van der Waals surface area contributed by atoms with Crippen molar-refractivity contribution in [3.8, 4) is 5.75 Å². The summed E-state index contributed by atoms with van der Waals surface area (Å²) in [6.45, 7) is 9.09. The maximum Gasteiger partial charge on any atom is 0.119 e. The topological polar surface area (TPSA) is 38.5 Å². The van der Waals surface area contributed by atoms with E-state index in [0.717, 1.165) is 18.8 Å². The van der Waals surface area contributed by atoms with Crippen molar-refractivity contribution in [1.29, 1.82) is 0 Å². The van der Waals surface area contributed by atoms with Crippen LogP contribution in [-0.4, -0.2) is 31.1 Å². The lowest BCUT2D eigenvalue weighted by molar-refractivity contribution is 0.0721. The predicted octanol–water partition coefficient (Wildman–Crippen LogP) is 3.60. The first-order chi connectivity index (χ1) is 9.99. The van der Waals surface area contributed by atoms with Gasteiger partial charge in [0.1, 0.15) is 5.75 Å². The van der Waals surface area contributed by atoms with Crippen LogP contribution in [0.5, 0.6) is 5.75 Å². The van der Waals surface area contributed by atoms with Crippen molar-refractivity contribution in [3.63, 3.8) is 0 Å². The quantitative estimate of drug-likeness (QED) is 0.900. The SMILES string of the molecule is CCC1(C)CCN(C(c2cccc(OC)c2)C(C)N)CC1. The zero-order valence-electron chi connectivity index (χ0n) is 13.9. The van der Waals surface area contributed by atoms with Crippen molar-refractivity contribution in [3.05, 3.63) is 29.8 Å². The summed E-state index contributed by atoms with van der Waals surface area (Å²) in [4.78, 5) is 2.55. The lowest BCUT2D eigenvalue weighted by Crippen LogP contribution is -2.45. The van der Waals surface area contributed by atoms with E-state index in [2.05, 4.69) is 43.9 Å². The van der Waals surface area contributed by atoms with Crippen LogP contribution in [0.4, 0.5) is 0 Å². The van der Waals surface area contributed by atoms with Crippen LogP contribution in [0, 0.1) is 5.41 Å². The first-order valence-electron chi connectivity index (χ1n) is 8.12. The summed E-state index contributed by atoms with van der Waals surface area (Å²) >= 11 is 0. The molecule has 3 heteroatoms. The third-order valence-electron chi connectivity index (χ3n) is 5.19. The molecule has 3 nitrogen and oxygen atoms in total. The molecule has 1 aromatic rings. The fraction of sp³-hybridized carbons (Fsp3) is 0.667. The van der Waals surface area contributed by atoms with Gasteiger partial charge in [0.15, 0.2) is 0 Å². The molecule has 0 aliphatic carbocycles. The van der Waals surface area contributed by atoms with E-state index in [-0.39, 0.29) is 12.1 Å². The smallest absolute Gasteiger partial charge is 0.119 e. The largest absolute Gasteiger partial charge is 0.497 e. The summed E-state index contributed by atoms with van der Waals surface area (Å²) in [5, 5.41) is 0. The summed E-state index contributed by atoms with van der Waals surface area (Å²) in [5.41, 5.74) is 8.08. The van der Waals surface area contributed by atoms with E-state index in [1.165, 1.54) is 24.8 Å². The molecule has 2 unspecified atom stereocenters. The molecule has 2 N–H and O–H groups in total. The van der Waals surface area contributed by atoms with Gasteiger partial charge < -0.3 is 10.5 Å². The average molecular weight is 290 g/mol. The van der Waals surface area contributed by atoms with Crippen molar-refractivity contribution in [2.45, 2.75) is 52.1 Å². The fourth-order valence-corrected chi connectivity index (χ4v) is 3.37. The van der Waals surface area contributed by atoms with Gasteiger partial charge in [0.05, 0.1) is 7.11 Å². The molecule has 0 spiro atoms. The molecule has 1 aromatic carbocycles. The number of piperidine rings is 1. The molecule has 1 aliphatic rings. The Labute approximate surface area is 129 Å². The monoisotopic (exact) mass is 290 g/mol. The van der Waals surface area contributed by atoms with Gasteiger partial charge in [-0.05, 0) is 56.0 Å². The highest BCUT2D eigenvalue weighted by molar-refractivity contribution is 5.31. The van der Waals surface area contributed by atoms with Crippen molar-refractivity contribution >= 4 is 0 Å². The van der Waals surface area contributed by atoms with E-state index in [4.69, 9.17) is 10.5 Å². The molecule has 1 aliphatic heterocycles. The van der Waals surface area contributed by atoms with E-state index in [9.17, 15) is 0 Å².